The molecule has 1 heterocycles. The summed E-state index contributed by atoms with van der Waals surface area (Å²) in [6.07, 6.45) is 2.09. The summed E-state index contributed by atoms with van der Waals surface area (Å²) in [6, 6.07) is 7.33. The number of carbonyl (C=O) groups excluding carboxylic acids is 1. The molecule has 8 nitrogen and oxygen atoms in total. The van der Waals surface area contributed by atoms with E-state index in [9.17, 15) is 19.7 Å². The number of nitrogens with one attached hydrogen (secondary N) is 1. The highest BCUT2D eigenvalue weighted by molar-refractivity contribution is 5.91. The Balaban J connectivity index is 1.76. The van der Waals surface area contributed by atoms with E-state index in [-0.39, 0.29) is 17.8 Å². The second-order valence-corrected chi connectivity index (χ2v) is 5.83. The molecule has 1 aromatic heterocycles. The molecule has 24 heavy (non-hydrogen) atoms. The van der Waals surface area contributed by atoms with Gasteiger partial charge in [-0.05, 0) is 31.4 Å². The summed E-state index contributed by atoms with van der Waals surface area (Å²) in [4.78, 5) is 34.3. The van der Waals surface area contributed by atoms with Gasteiger partial charge in [-0.25, -0.2) is 4.68 Å². The maximum absolute atomic E-state index is 12.2. The van der Waals surface area contributed by atoms with Crippen LogP contribution in [-0.4, -0.2) is 20.6 Å². The largest absolute Gasteiger partial charge is 0.324 e. The Hall–Kier alpha value is -3.03. The molecule has 2 aromatic rings. The molecule has 0 aliphatic heterocycles. The van der Waals surface area contributed by atoms with Crippen LogP contribution in [0.5, 0.6) is 0 Å². The molecule has 1 aliphatic carbocycles. The van der Waals surface area contributed by atoms with Gasteiger partial charge < -0.3 is 5.32 Å². The topological polar surface area (TPSA) is 107 Å². The molecular formula is C16H16N4O4. The average Bonchev–Trinajstić information content (AvgIpc) is 3.36. The van der Waals surface area contributed by atoms with Crippen molar-refractivity contribution >= 4 is 17.3 Å². The Morgan fingerprint density at radius 3 is 2.79 bits per heavy atom. The van der Waals surface area contributed by atoms with Gasteiger partial charge >= 0.3 is 0 Å². The summed E-state index contributed by atoms with van der Waals surface area (Å²) < 4.78 is 1.12. The second kappa shape index (κ2) is 6.23. The van der Waals surface area contributed by atoms with E-state index in [1.165, 1.54) is 18.2 Å². The third kappa shape index (κ3) is 3.48. The molecule has 3 rings (SSSR count). The Bertz CT molecular complexity index is 871. The van der Waals surface area contributed by atoms with Crippen LogP contribution in [0.15, 0.2) is 35.1 Å². The van der Waals surface area contributed by atoms with Gasteiger partial charge in [-0.1, -0.05) is 6.07 Å². The second-order valence-electron chi connectivity index (χ2n) is 5.83. The molecule has 0 bridgehead atoms. The number of aryl methyl sites for hydroxylation is 1. The number of nitro benzene ring substituents is 1. The van der Waals surface area contributed by atoms with E-state index in [4.69, 9.17) is 0 Å². The molecule has 0 unspecified atom stereocenters. The van der Waals surface area contributed by atoms with Crippen LogP contribution in [0.3, 0.4) is 0 Å². The van der Waals surface area contributed by atoms with Crippen LogP contribution >= 0.6 is 0 Å². The van der Waals surface area contributed by atoms with Crippen molar-refractivity contribution < 1.29 is 9.72 Å². The Labute approximate surface area is 137 Å². The van der Waals surface area contributed by atoms with Crippen molar-refractivity contribution in [3.8, 4) is 0 Å². The first-order valence-corrected chi connectivity index (χ1v) is 7.57. The fraction of sp³-hybridized carbons (Fsp3) is 0.312. The smallest absolute Gasteiger partial charge is 0.271 e. The van der Waals surface area contributed by atoms with Gasteiger partial charge in [0, 0.05) is 24.1 Å². The van der Waals surface area contributed by atoms with Gasteiger partial charge in [0.05, 0.1) is 16.3 Å². The van der Waals surface area contributed by atoms with Crippen LogP contribution < -0.4 is 10.9 Å². The molecule has 0 atom stereocenters. The van der Waals surface area contributed by atoms with Crippen LogP contribution in [0.1, 0.15) is 30.0 Å². The zero-order valence-electron chi connectivity index (χ0n) is 13.1. The Morgan fingerprint density at radius 2 is 2.12 bits per heavy atom. The van der Waals surface area contributed by atoms with E-state index in [1.807, 2.05) is 0 Å². The van der Waals surface area contributed by atoms with E-state index in [0.717, 1.165) is 23.2 Å². The van der Waals surface area contributed by atoms with Gasteiger partial charge in [0.15, 0.2) is 0 Å². The van der Waals surface area contributed by atoms with E-state index in [1.54, 1.807) is 19.1 Å². The minimum absolute atomic E-state index is 0.109. The van der Waals surface area contributed by atoms with Gasteiger partial charge in [0.25, 0.3) is 11.2 Å². The summed E-state index contributed by atoms with van der Waals surface area (Å²) >= 11 is 0. The number of nitrogens with zero attached hydrogens (tertiary/aromatic N) is 3. The van der Waals surface area contributed by atoms with Crippen molar-refractivity contribution in [2.24, 2.45) is 0 Å². The molecule has 1 saturated carbocycles. The number of non-ortho nitro benzene ring substituents is 1. The lowest BCUT2D eigenvalue weighted by molar-refractivity contribution is -0.384. The van der Waals surface area contributed by atoms with Crippen LogP contribution in [-0.2, 0) is 11.3 Å². The van der Waals surface area contributed by atoms with Crippen LogP contribution in [0, 0.1) is 17.0 Å². The average molecular weight is 328 g/mol. The first-order valence-electron chi connectivity index (χ1n) is 7.57. The first-order chi connectivity index (χ1) is 11.4. The SMILES string of the molecule is Cc1ccc([N+](=O)[O-])cc1NC(=O)Cn1nc(C2CC2)ccc1=O. The monoisotopic (exact) mass is 328 g/mol. The maximum Gasteiger partial charge on any atom is 0.271 e. The van der Waals surface area contributed by atoms with Crippen molar-refractivity contribution in [2.45, 2.75) is 32.2 Å². The molecule has 0 radical (unpaired) electrons. The van der Waals surface area contributed by atoms with E-state index in [2.05, 4.69) is 10.4 Å². The normalized spacial score (nSPS) is 13.5. The minimum atomic E-state index is -0.528. The molecule has 1 aliphatic rings. The predicted molar refractivity (Wildman–Crippen MR) is 86.9 cm³/mol. The Kier molecular flexibility index (Phi) is 4.11. The number of hydrogen-bond donors (Lipinski definition) is 1. The summed E-state index contributed by atoms with van der Waals surface area (Å²) in [7, 11) is 0. The van der Waals surface area contributed by atoms with Gasteiger partial charge in [-0.3, -0.25) is 19.7 Å². The molecule has 1 N–H and O–H groups in total. The fourth-order valence-electron chi connectivity index (χ4n) is 2.36. The predicted octanol–water partition coefficient (Wildman–Crippen LogP) is 1.98. The molecule has 1 aromatic carbocycles. The van der Waals surface area contributed by atoms with Crippen molar-refractivity contribution in [1.82, 2.24) is 9.78 Å². The number of amides is 1. The van der Waals surface area contributed by atoms with E-state index < -0.39 is 10.8 Å². The number of benzene rings is 1. The zero-order valence-corrected chi connectivity index (χ0v) is 13.1. The lowest BCUT2D eigenvalue weighted by Crippen LogP contribution is -2.29. The number of nitro groups is 1. The number of rotatable bonds is 5. The van der Waals surface area contributed by atoms with Crippen molar-refractivity contribution in [1.29, 1.82) is 0 Å². The summed E-state index contributed by atoms with van der Waals surface area (Å²) in [5.41, 5.74) is 1.39. The van der Waals surface area contributed by atoms with Crippen LogP contribution in [0.25, 0.3) is 0 Å². The van der Waals surface area contributed by atoms with Crippen molar-refractivity contribution in [3.63, 3.8) is 0 Å². The molecule has 0 spiro atoms. The number of carbonyl (C=O) groups is 1. The standard InChI is InChI=1S/C16H16N4O4/c1-10-2-5-12(20(23)24)8-14(10)17-15(21)9-19-16(22)7-6-13(18-19)11-3-4-11/h2,5-8,11H,3-4,9H2,1H3,(H,17,21). The fourth-order valence-corrected chi connectivity index (χ4v) is 2.36. The van der Waals surface area contributed by atoms with E-state index >= 15 is 0 Å². The zero-order chi connectivity index (χ0) is 17.3. The maximum atomic E-state index is 12.2. The van der Waals surface area contributed by atoms with Crippen molar-refractivity contribution in [3.05, 3.63) is 62.1 Å². The third-order valence-electron chi connectivity index (χ3n) is 3.88. The van der Waals surface area contributed by atoms with Gasteiger partial charge in [0.2, 0.25) is 5.91 Å². The highest BCUT2D eigenvalue weighted by Gasteiger charge is 2.25. The number of hydrogen-bond acceptors (Lipinski definition) is 5. The number of anilines is 1. The molecule has 1 fully saturated rings. The van der Waals surface area contributed by atoms with E-state index in [0.29, 0.717) is 17.2 Å². The Morgan fingerprint density at radius 1 is 1.38 bits per heavy atom. The molecule has 1 amide bonds. The lowest BCUT2D eigenvalue weighted by Gasteiger charge is -2.09. The summed E-state index contributed by atoms with van der Waals surface area (Å²) in [5.74, 6) is -0.0833. The molecule has 0 saturated heterocycles. The van der Waals surface area contributed by atoms with Gasteiger partial charge in [-0.15, -0.1) is 0 Å². The lowest BCUT2D eigenvalue weighted by atomic mass is 10.2. The molecular weight excluding hydrogens is 312 g/mol. The van der Waals surface area contributed by atoms with Gasteiger partial charge in [-0.2, -0.15) is 5.10 Å². The summed E-state index contributed by atoms with van der Waals surface area (Å²) in [6.45, 7) is 1.50. The van der Waals surface area contributed by atoms with Crippen LogP contribution in [0.4, 0.5) is 11.4 Å². The highest BCUT2D eigenvalue weighted by Crippen LogP contribution is 2.38. The highest BCUT2D eigenvalue weighted by atomic mass is 16.6. The minimum Gasteiger partial charge on any atom is -0.324 e. The number of aromatic nitrogens is 2. The third-order valence-corrected chi connectivity index (χ3v) is 3.88. The van der Waals surface area contributed by atoms with Gasteiger partial charge in [0.1, 0.15) is 6.54 Å². The molecule has 124 valence electrons. The van der Waals surface area contributed by atoms with Crippen LogP contribution in [0.2, 0.25) is 0 Å². The molecule has 8 heteroatoms. The van der Waals surface area contributed by atoms with Crippen molar-refractivity contribution in [2.75, 3.05) is 5.32 Å². The quantitative estimate of drug-likeness (QED) is 0.667. The summed E-state index contributed by atoms with van der Waals surface area (Å²) in [5, 5.41) is 17.7. The first kappa shape index (κ1) is 15.9.